The number of allylic oxidation sites excluding steroid dienone is 1. The van der Waals surface area contributed by atoms with Crippen molar-refractivity contribution in [2.45, 2.75) is 76.7 Å². The molecule has 6 atom stereocenters. The minimum Gasteiger partial charge on any atom is -0.497 e. The van der Waals surface area contributed by atoms with Gasteiger partial charge in [-0.3, -0.25) is 14.3 Å². The molecule has 13 heteroatoms. The van der Waals surface area contributed by atoms with Crippen molar-refractivity contribution in [2.24, 2.45) is 5.92 Å². The van der Waals surface area contributed by atoms with E-state index in [1.165, 1.54) is 16.8 Å². The highest BCUT2D eigenvalue weighted by Crippen LogP contribution is 2.53. The van der Waals surface area contributed by atoms with Crippen molar-refractivity contribution in [3.63, 3.8) is 0 Å². The number of benzene rings is 3. The molecule has 0 saturated carbocycles. The number of para-hydroxylation sites is 1. The molecule has 1 N–H and O–H groups in total. The number of aromatic nitrogens is 2. The molecule has 55 heavy (non-hydrogen) atoms. The van der Waals surface area contributed by atoms with Gasteiger partial charge in [0.1, 0.15) is 35.5 Å². The predicted molar refractivity (Wildman–Crippen MR) is 212 cm³/mol. The number of aromatic amines is 1. The minimum atomic E-state index is -1.74. The summed E-state index contributed by atoms with van der Waals surface area (Å²) < 4.78 is 42.6. The Labute approximate surface area is 324 Å². The number of rotatable bonds is 19. The fourth-order valence-corrected chi connectivity index (χ4v) is 8.98. The Balaban J connectivity index is 1.68. The molecule has 12 nitrogen and oxygen atoms in total. The van der Waals surface area contributed by atoms with E-state index in [0.717, 1.165) is 16.7 Å². The molecule has 5 rings (SSSR count). The molecule has 0 spiro atoms. The molecule has 1 aliphatic heterocycles. The van der Waals surface area contributed by atoms with E-state index in [9.17, 15) is 14.9 Å². The van der Waals surface area contributed by atoms with Crippen molar-refractivity contribution in [1.29, 1.82) is 5.26 Å². The fourth-order valence-electron chi connectivity index (χ4n) is 7.18. The predicted octanol–water partition coefficient (Wildman–Crippen LogP) is 7.31. The number of hydrogen-bond donors (Lipinski definition) is 1. The van der Waals surface area contributed by atoms with E-state index in [-0.39, 0.29) is 31.7 Å². The van der Waals surface area contributed by atoms with Crippen LogP contribution in [0.25, 0.3) is 0 Å². The highest BCUT2D eigenvalue weighted by atomic mass is 31.2. The van der Waals surface area contributed by atoms with E-state index < -0.39 is 49.7 Å². The lowest BCUT2D eigenvalue weighted by molar-refractivity contribution is -0.0936. The van der Waals surface area contributed by atoms with Crippen LogP contribution in [-0.4, -0.2) is 65.9 Å². The van der Waals surface area contributed by atoms with Gasteiger partial charge in [-0.05, 0) is 63.4 Å². The van der Waals surface area contributed by atoms with Gasteiger partial charge in [-0.25, -0.2) is 9.46 Å². The summed E-state index contributed by atoms with van der Waals surface area (Å²) in [5.41, 5.74) is 0.0391. The van der Waals surface area contributed by atoms with Gasteiger partial charge in [-0.15, -0.1) is 6.58 Å². The molecule has 3 aromatic carbocycles. The summed E-state index contributed by atoms with van der Waals surface area (Å²) in [5.74, 6) is 0.839. The van der Waals surface area contributed by atoms with Crippen molar-refractivity contribution < 1.29 is 28.0 Å². The van der Waals surface area contributed by atoms with Crippen LogP contribution in [0.4, 0.5) is 0 Å². The highest BCUT2D eigenvalue weighted by molar-refractivity contribution is 7.44. The number of nitrogens with zero attached hydrogens (tertiary/aromatic N) is 3. The third-order valence-electron chi connectivity index (χ3n) is 9.53. The topological polar surface area (TPSA) is 137 Å². The standard InChI is InChI=1S/C42H51N4O8P/c1-8-15-34-39(54-55(52-27-14-25-43)46(29(2)3)30(4)5)37(53-40(34)45-26-24-38(47)44-41(45)48)28-51-42(31-16-10-9-11-17-31,32-20-22-33(49-6)23-21-32)35-18-12-13-19-36(35)50-7/h8-13,16-24,26,29-30,34,37,39-40H,1,14-15,27-28H2,2-7H3,(H,44,47,48)/t34-,37-,39+,40-,42?,55?/m1/s1. The maximum absolute atomic E-state index is 13.3. The van der Waals surface area contributed by atoms with Crippen LogP contribution in [0, 0.1) is 17.2 Å². The zero-order chi connectivity index (χ0) is 39.5. The number of methoxy groups -OCH3 is 2. The highest BCUT2D eigenvalue weighted by Gasteiger charge is 2.50. The van der Waals surface area contributed by atoms with Gasteiger partial charge in [0, 0.05) is 35.8 Å². The van der Waals surface area contributed by atoms with Crippen LogP contribution in [0.2, 0.25) is 0 Å². The molecular weight excluding hydrogens is 719 g/mol. The van der Waals surface area contributed by atoms with E-state index in [1.54, 1.807) is 20.3 Å². The van der Waals surface area contributed by atoms with Crippen LogP contribution in [0.1, 0.15) is 63.5 Å². The Hall–Kier alpha value is -4.60. The van der Waals surface area contributed by atoms with Gasteiger partial charge >= 0.3 is 5.69 Å². The second-order valence-corrected chi connectivity index (χ2v) is 15.1. The molecule has 0 radical (unpaired) electrons. The first-order valence-electron chi connectivity index (χ1n) is 18.4. The van der Waals surface area contributed by atoms with E-state index in [4.69, 9.17) is 28.0 Å². The maximum atomic E-state index is 13.3. The second-order valence-electron chi connectivity index (χ2n) is 13.7. The van der Waals surface area contributed by atoms with Crippen LogP contribution in [0.5, 0.6) is 11.5 Å². The lowest BCUT2D eigenvalue weighted by Gasteiger charge is -2.39. The van der Waals surface area contributed by atoms with E-state index in [2.05, 4.69) is 50.0 Å². The monoisotopic (exact) mass is 770 g/mol. The van der Waals surface area contributed by atoms with Gasteiger partial charge in [0.05, 0.1) is 39.9 Å². The quantitative estimate of drug-likeness (QED) is 0.0447. The number of H-pyrrole nitrogens is 1. The van der Waals surface area contributed by atoms with Crippen molar-refractivity contribution in [3.05, 3.63) is 141 Å². The maximum Gasteiger partial charge on any atom is 0.330 e. The van der Waals surface area contributed by atoms with Crippen LogP contribution in [0.3, 0.4) is 0 Å². The first-order chi connectivity index (χ1) is 26.6. The van der Waals surface area contributed by atoms with E-state index in [1.807, 2.05) is 78.9 Å². The summed E-state index contributed by atoms with van der Waals surface area (Å²) in [6, 6.07) is 28.8. The minimum absolute atomic E-state index is 0.0173. The van der Waals surface area contributed by atoms with E-state index in [0.29, 0.717) is 17.9 Å². The molecule has 4 aromatic rings. The average Bonchev–Trinajstić information content (AvgIpc) is 3.51. The van der Waals surface area contributed by atoms with Crippen molar-refractivity contribution >= 4 is 8.53 Å². The van der Waals surface area contributed by atoms with E-state index >= 15 is 0 Å². The Morgan fingerprint density at radius 1 is 0.964 bits per heavy atom. The van der Waals surface area contributed by atoms with Gasteiger partial charge in [0.2, 0.25) is 0 Å². The second kappa shape index (κ2) is 19.3. The largest absolute Gasteiger partial charge is 0.497 e. The number of nitrogens with one attached hydrogen (secondary N) is 1. The molecule has 1 aromatic heterocycles. The SMILES string of the molecule is C=CC[C@@H]1[C@H](OP(OCCC#N)N(C(C)C)C(C)C)[C@@H](COC(c2ccccc2)(c2ccc(OC)cc2)c2ccccc2OC)O[C@H]1n1ccc(=O)[nH]c1=O. The molecule has 2 unspecified atom stereocenters. The molecule has 1 fully saturated rings. The smallest absolute Gasteiger partial charge is 0.330 e. The van der Waals surface area contributed by atoms with Crippen molar-refractivity contribution in [1.82, 2.24) is 14.2 Å². The summed E-state index contributed by atoms with van der Waals surface area (Å²) in [7, 11) is 1.51. The lowest BCUT2D eigenvalue weighted by Crippen LogP contribution is -2.41. The molecule has 292 valence electrons. The first-order valence-corrected chi connectivity index (χ1v) is 19.5. The molecule has 1 saturated heterocycles. The van der Waals surface area contributed by atoms with Crippen LogP contribution >= 0.6 is 8.53 Å². The number of nitriles is 1. The Morgan fingerprint density at radius 2 is 1.64 bits per heavy atom. The van der Waals surface area contributed by atoms with Gasteiger partial charge < -0.3 is 28.0 Å². The lowest BCUT2D eigenvalue weighted by atomic mass is 9.79. The molecule has 0 bridgehead atoms. The first kappa shape index (κ1) is 41.6. The van der Waals surface area contributed by atoms with Crippen molar-refractivity contribution in [3.8, 4) is 17.6 Å². The summed E-state index contributed by atoms with van der Waals surface area (Å²) >= 11 is 0. The zero-order valence-electron chi connectivity index (χ0n) is 32.3. The Kier molecular flexibility index (Phi) is 14.6. The molecular formula is C42H51N4O8P. The molecule has 2 heterocycles. The van der Waals surface area contributed by atoms with Crippen LogP contribution in [-0.2, 0) is 24.1 Å². The van der Waals surface area contributed by atoms with Gasteiger partial charge in [0.15, 0.2) is 0 Å². The fraction of sp³-hybridized carbons (Fsp3) is 0.405. The molecule has 0 amide bonds. The summed E-state index contributed by atoms with van der Waals surface area (Å²) in [6.45, 7) is 12.5. The molecule has 0 aliphatic carbocycles. The van der Waals surface area contributed by atoms with Gasteiger partial charge in [0.25, 0.3) is 14.1 Å². The van der Waals surface area contributed by atoms with Crippen LogP contribution < -0.4 is 20.7 Å². The van der Waals surface area contributed by atoms with Crippen molar-refractivity contribution in [2.75, 3.05) is 27.4 Å². The number of ether oxygens (including phenoxy) is 4. The normalized spacial score (nSPS) is 19.9. The third-order valence-corrected chi connectivity index (χ3v) is 11.7. The summed E-state index contributed by atoms with van der Waals surface area (Å²) in [4.78, 5) is 27.8. The van der Waals surface area contributed by atoms with Gasteiger partial charge in [-0.2, -0.15) is 5.26 Å². The molecule has 1 aliphatic rings. The summed E-state index contributed by atoms with van der Waals surface area (Å²) in [5, 5.41) is 9.38. The number of hydrogen-bond acceptors (Lipinski definition) is 10. The van der Waals surface area contributed by atoms with Gasteiger partial charge in [-0.1, -0.05) is 66.7 Å². The third kappa shape index (κ3) is 9.27. The average molecular weight is 771 g/mol. The zero-order valence-corrected chi connectivity index (χ0v) is 33.2. The Morgan fingerprint density at radius 3 is 2.25 bits per heavy atom. The summed E-state index contributed by atoms with van der Waals surface area (Å²) in [6.07, 6.45) is 1.46. The Bertz CT molecular complexity index is 1990. The van der Waals surface area contributed by atoms with Crippen LogP contribution in [0.15, 0.2) is 113 Å².